The Hall–Kier alpha value is -3.23. The van der Waals surface area contributed by atoms with Crippen molar-refractivity contribution in [2.75, 3.05) is 23.8 Å². The lowest BCUT2D eigenvalue weighted by molar-refractivity contribution is 0.289. The molecule has 0 saturated heterocycles. The van der Waals surface area contributed by atoms with Crippen LogP contribution in [0.1, 0.15) is 58.7 Å². The summed E-state index contributed by atoms with van der Waals surface area (Å²) in [4.78, 5) is 4.56. The summed E-state index contributed by atoms with van der Waals surface area (Å²) in [5.74, 6) is 3.03. The molecule has 2 aromatic carbocycles. The molecule has 3 aromatic rings. The molecule has 0 radical (unpaired) electrons. The molecule has 0 aliphatic rings. The van der Waals surface area contributed by atoms with Gasteiger partial charge in [-0.2, -0.15) is 0 Å². The Balaban J connectivity index is 0.000000404. The summed E-state index contributed by atoms with van der Waals surface area (Å²) >= 11 is 10.2. The zero-order valence-corrected chi connectivity index (χ0v) is 25.3. The van der Waals surface area contributed by atoms with Gasteiger partial charge in [0.15, 0.2) is 5.11 Å². The van der Waals surface area contributed by atoms with E-state index in [4.69, 9.17) is 39.6 Å². The van der Waals surface area contributed by atoms with Crippen molar-refractivity contribution >= 4 is 45.9 Å². The molecule has 0 amide bonds. The number of nitrogens with one attached hydrogen (secondary N) is 2. The van der Waals surface area contributed by atoms with Gasteiger partial charge in [0.25, 0.3) is 0 Å². The molecule has 8 heteroatoms. The van der Waals surface area contributed by atoms with E-state index in [9.17, 15) is 0 Å². The van der Waals surface area contributed by atoms with E-state index in [1.54, 1.807) is 6.20 Å². The number of aryl methyl sites for hydroxylation is 1. The van der Waals surface area contributed by atoms with Gasteiger partial charge in [0.1, 0.15) is 16.5 Å². The van der Waals surface area contributed by atoms with Crippen LogP contribution in [-0.4, -0.2) is 28.3 Å². The lowest BCUT2D eigenvalue weighted by atomic mass is 10.1. The van der Waals surface area contributed by atoms with E-state index in [0.29, 0.717) is 21.9 Å². The Kier molecular flexibility index (Phi) is 14.3. The summed E-state index contributed by atoms with van der Waals surface area (Å²) in [6, 6.07) is 19.4. The largest absolute Gasteiger partial charge is 0.494 e. The maximum absolute atomic E-state index is 5.74. The van der Waals surface area contributed by atoms with Crippen molar-refractivity contribution in [2.45, 2.75) is 53.9 Å². The third-order valence-corrected chi connectivity index (χ3v) is 6.06. The van der Waals surface area contributed by atoms with E-state index in [2.05, 4.69) is 43.3 Å². The minimum absolute atomic E-state index is 0.433. The van der Waals surface area contributed by atoms with Crippen LogP contribution in [0.2, 0.25) is 0 Å². The molecule has 1 aromatic heterocycles. The Bertz CT molecular complexity index is 1090. The van der Waals surface area contributed by atoms with Crippen molar-refractivity contribution < 1.29 is 9.47 Å². The predicted octanol–water partition coefficient (Wildman–Crippen LogP) is 7.62. The van der Waals surface area contributed by atoms with Crippen LogP contribution in [0.4, 0.5) is 11.4 Å². The maximum atomic E-state index is 5.74. The first kappa shape index (κ1) is 32.0. The molecule has 6 nitrogen and oxygen atoms in total. The lowest BCUT2D eigenvalue weighted by Crippen LogP contribution is -2.18. The minimum Gasteiger partial charge on any atom is -0.494 e. The van der Waals surface area contributed by atoms with Gasteiger partial charge in [0.05, 0.1) is 13.2 Å². The van der Waals surface area contributed by atoms with Gasteiger partial charge >= 0.3 is 0 Å². The number of ether oxygens (including phenoxy) is 2. The van der Waals surface area contributed by atoms with Gasteiger partial charge in [0.2, 0.25) is 0 Å². The molecule has 0 atom stereocenters. The first-order valence-corrected chi connectivity index (χ1v) is 14.3. The summed E-state index contributed by atoms with van der Waals surface area (Å²) in [6.07, 6.45) is 4.74. The topological polar surface area (TPSA) is 81.4 Å². The molecule has 39 heavy (non-hydrogen) atoms. The second-order valence-electron chi connectivity index (χ2n) is 9.94. The molecule has 0 saturated carbocycles. The third-order valence-electron chi connectivity index (χ3n) is 5.62. The van der Waals surface area contributed by atoms with Crippen molar-refractivity contribution in [1.82, 2.24) is 4.98 Å². The molecule has 3 rings (SSSR count). The molecule has 210 valence electrons. The van der Waals surface area contributed by atoms with Crippen LogP contribution in [0.15, 0.2) is 66.9 Å². The molecule has 0 aliphatic heterocycles. The zero-order chi connectivity index (χ0) is 28.6. The molecule has 0 bridgehead atoms. The maximum Gasteiger partial charge on any atom is 0.175 e. The monoisotopic (exact) mass is 566 g/mol. The number of aromatic nitrogens is 1. The Labute approximate surface area is 244 Å². The second kappa shape index (κ2) is 17.4. The fourth-order valence-electron chi connectivity index (χ4n) is 3.21. The second-order valence-corrected chi connectivity index (χ2v) is 10.8. The van der Waals surface area contributed by atoms with Gasteiger partial charge < -0.3 is 25.8 Å². The van der Waals surface area contributed by atoms with Crippen LogP contribution < -0.4 is 25.8 Å². The van der Waals surface area contributed by atoms with Crippen molar-refractivity contribution in [3.8, 4) is 11.5 Å². The van der Waals surface area contributed by atoms with Crippen LogP contribution in [0.25, 0.3) is 0 Å². The van der Waals surface area contributed by atoms with Crippen molar-refractivity contribution in [1.29, 1.82) is 0 Å². The summed E-state index contributed by atoms with van der Waals surface area (Å²) < 4.78 is 11.5. The predicted molar refractivity (Wildman–Crippen MR) is 172 cm³/mol. The van der Waals surface area contributed by atoms with Crippen molar-refractivity contribution in [3.63, 3.8) is 0 Å². The summed E-state index contributed by atoms with van der Waals surface area (Å²) in [5.41, 5.74) is 9.20. The Morgan fingerprint density at radius 3 is 1.64 bits per heavy atom. The van der Waals surface area contributed by atoms with E-state index < -0.39 is 0 Å². The number of benzene rings is 2. The van der Waals surface area contributed by atoms with Crippen LogP contribution in [0.3, 0.4) is 0 Å². The van der Waals surface area contributed by atoms with Crippen LogP contribution in [0.5, 0.6) is 11.5 Å². The molecule has 0 spiro atoms. The highest BCUT2D eigenvalue weighted by molar-refractivity contribution is 7.81. The quantitative estimate of drug-likeness (QED) is 0.193. The average Bonchev–Trinajstić information content (AvgIpc) is 2.90. The lowest BCUT2D eigenvalue weighted by Gasteiger charge is -2.13. The fourth-order valence-corrected chi connectivity index (χ4v) is 3.57. The first-order chi connectivity index (χ1) is 18.7. The molecule has 0 unspecified atom stereocenters. The van der Waals surface area contributed by atoms with Gasteiger partial charge in [-0.25, -0.2) is 0 Å². The number of anilines is 2. The average molecular weight is 567 g/mol. The third kappa shape index (κ3) is 13.4. The van der Waals surface area contributed by atoms with E-state index in [1.807, 2.05) is 67.6 Å². The Morgan fingerprint density at radius 2 is 1.26 bits per heavy atom. The Morgan fingerprint density at radius 1 is 0.795 bits per heavy atom. The molecular formula is C31H42N4O2S2. The molecule has 0 fully saturated rings. The van der Waals surface area contributed by atoms with Gasteiger partial charge in [-0.3, -0.25) is 4.98 Å². The van der Waals surface area contributed by atoms with Gasteiger partial charge in [-0.05, 0) is 104 Å². The van der Waals surface area contributed by atoms with E-state index >= 15 is 0 Å². The number of hydrogen-bond acceptors (Lipinski definition) is 5. The normalized spacial score (nSPS) is 10.4. The van der Waals surface area contributed by atoms with E-state index in [-0.39, 0.29) is 0 Å². The highest BCUT2D eigenvalue weighted by Crippen LogP contribution is 2.19. The number of rotatable bonds is 12. The number of nitrogens with zero attached hydrogens (tertiary/aromatic N) is 1. The van der Waals surface area contributed by atoms with E-state index in [1.165, 1.54) is 0 Å². The van der Waals surface area contributed by atoms with Gasteiger partial charge in [0, 0.05) is 28.8 Å². The van der Waals surface area contributed by atoms with Gasteiger partial charge in [-0.1, -0.05) is 46.8 Å². The molecule has 0 aliphatic carbocycles. The minimum atomic E-state index is 0.433. The fraction of sp³-hybridized carbons (Fsp3) is 0.387. The standard InChI is InChI=1S/C23H32N2O2S.C8H10N2S/c1-17(2)13-15-26-21-9-5-19(6-10-21)24-23(28)25-20-7-11-22(12-8-20)27-16-14-18(3)4;1-2-7-5-6(8(9)11)3-4-10-7/h5-12,17-18H,13-16H2,1-4H3,(H2,24,25,28);3-5H,2H2,1H3,(H2,9,11). The van der Waals surface area contributed by atoms with E-state index in [0.717, 1.165) is 66.6 Å². The smallest absolute Gasteiger partial charge is 0.175 e. The number of nitrogens with two attached hydrogens (primary N) is 1. The first-order valence-electron chi connectivity index (χ1n) is 13.4. The molecular weight excluding hydrogens is 525 g/mol. The summed E-state index contributed by atoms with van der Waals surface area (Å²) in [7, 11) is 0. The molecule has 4 N–H and O–H groups in total. The summed E-state index contributed by atoms with van der Waals surface area (Å²) in [5, 5.41) is 6.92. The highest BCUT2D eigenvalue weighted by atomic mass is 32.1. The zero-order valence-electron chi connectivity index (χ0n) is 23.7. The SMILES string of the molecule is CC(C)CCOc1ccc(NC(=S)Nc2ccc(OCCC(C)C)cc2)cc1.CCc1cc(C(N)=S)ccn1. The highest BCUT2D eigenvalue weighted by Gasteiger charge is 2.02. The van der Waals surface area contributed by atoms with Crippen molar-refractivity contribution in [3.05, 3.63) is 78.1 Å². The van der Waals surface area contributed by atoms with Crippen LogP contribution >= 0.6 is 24.4 Å². The van der Waals surface area contributed by atoms with Crippen molar-refractivity contribution in [2.24, 2.45) is 17.6 Å². The van der Waals surface area contributed by atoms with Crippen LogP contribution in [-0.2, 0) is 6.42 Å². The summed E-state index contributed by atoms with van der Waals surface area (Å²) in [6.45, 7) is 12.3. The number of pyridine rings is 1. The number of thiocarbonyl (C=S) groups is 2. The molecule has 1 heterocycles. The number of hydrogen-bond donors (Lipinski definition) is 3. The van der Waals surface area contributed by atoms with Gasteiger partial charge in [-0.15, -0.1) is 0 Å². The van der Waals surface area contributed by atoms with Crippen LogP contribution in [0, 0.1) is 11.8 Å².